The summed E-state index contributed by atoms with van der Waals surface area (Å²) < 4.78 is 1.74. The van der Waals surface area contributed by atoms with E-state index in [1.807, 2.05) is 37.2 Å². The fraction of sp³-hybridized carbons (Fsp3) is 0.375. The number of carbonyl (C=O) groups is 2. The lowest BCUT2D eigenvalue weighted by Gasteiger charge is -2.22. The molecule has 2 aromatic rings. The van der Waals surface area contributed by atoms with Gasteiger partial charge in [-0.3, -0.25) is 19.3 Å². The van der Waals surface area contributed by atoms with Gasteiger partial charge in [0.15, 0.2) is 0 Å². The molecular weight excluding hydrogens is 296 g/mol. The Balaban J connectivity index is 0.000000595. The first kappa shape index (κ1) is 16.7. The highest BCUT2D eigenvalue weighted by Gasteiger charge is 2.29. The van der Waals surface area contributed by atoms with Crippen molar-refractivity contribution in [2.24, 2.45) is 0 Å². The highest BCUT2D eigenvalue weighted by molar-refractivity contribution is 5.81. The molecule has 3 rings (SSSR count). The van der Waals surface area contributed by atoms with Gasteiger partial charge in [-0.15, -0.1) is 0 Å². The summed E-state index contributed by atoms with van der Waals surface area (Å²) in [6, 6.07) is 3.70. The zero-order valence-corrected chi connectivity index (χ0v) is 13.2. The van der Waals surface area contributed by atoms with E-state index in [-0.39, 0.29) is 18.4 Å². The molecule has 0 radical (unpaired) electrons. The highest BCUT2D eigenvalue weighted by Crippen LogP contribution is 2.26. The molecule has 2 aromatic heterocycles. The number of fused-ring (bicyclic) bond motifs is 1. The SMILES string of the molecule is CCC(C(=O)N1Cc2cnc(C)cc2C1)n1cccn1.O=CO. The number of carboxylic acid groups (broad SMARTS) is 1. The van der Waals surface area contributed by atoms with E-state index in [2.05, 4.69) is 16.1 Å². The summed E-state index contributed by atoms with van der Waals surface area (Å²) in [6.45, 7) is 5.07. The zero-order chi connectivity index (χ0) is 16.8. The van der Waals surface area contributed by atoms with Crippen LogP contribution in [0.2, 0.25) is 0 Å². The Morgan fingerprint density at radius 1 is 1.43 bits per heavy atom. The van der Waals surface area contributed by atoms with Gasteiger partial charge in [0.05, 0.1) is 0 Å². The molecule has 1 aliphatic heterocycles. The van der Waals surface area contributed by atoms with Gasteiger partial charge in [-0.25, -0.2) is 0 Å². The standard InChI is InChI=1S/C15H18N4O.CH2O2/c1-3-14(19-6-4-5-17-19)15(20)18-9-12-7-11(2)16-8-13(12)10-18;2-1-3/h4-8,14H,3,9-10H2,1-2H3;1H,(H,2,3). The van der Waals surface area contributed by atoms with Gasteiger partial charge >= 0.3 is 0 Å². The van der Waals surface area contributed by atoms with Crippen LogP contribution < -0.4 is 0 Å². The lowest BCUT2D eigenvalue weighted by atomic mass is 10.2. The minimum absolute atomic E-state index is 0.130. The van der Waals surface area contributed by atoms with Gasteiger partial charge in [-0.1, -0.05) is 6.92 Å². The molecular formula is C16H20N4O3. The van der Waals surface area contributed by atoms with E-state index in [9.17, 15) is 4.79 Å². The minimum Gasteiger partial charge on any atom is -0.483 e. The van der Waals surface area contributed by atoms with Crippen LogP contribution in [0.5, 0.6) is 0 Å². The third-order valence-corrected chi connectivity index (χ3v) is 3.77. The average Bonchev–Trinajstić information content (AvgIpc) is 3.17. The molecule has 0 saturated heterocycles. The number of rotatable bonds is 3. The predicted octanol–water partition coefficient (Wildman–Crippen LogP) is 1.78. The number of nitrogens with zero attached hydrogens (tertiary/aromatic N) is 4. The average molecular weight is 316 g/mol. The first-order valence-electron chi connectivity index (χ1n) is 7.40. The van der Waals surface area contributed by atoms with E-state index in [0.29, 0.717) is 13.1 Å². The Labute approximate surface area is 134 Å². The second-order valence-electron chi connectivity index (χ2n) is 5.30. The van der Waals surface area contributed by atoms with Crippen LogP contribution in [0.4, 0.5) is 0 Å². The molecule has 7 heteroatoms. The van der Waals surface area contributed by atoms with Crippen molar-refractivity contribution < 1.29 is 14.7 Å². The number of pyridine rings is 1. The summed E-state index contributed by atoms with van der Waals surface area (Å²) in [6.07, 6.45) is 6.18. The predicted molar refractivity (Wildman–Crippen MR) is 83.5 cm³/mol. The molecule has 1 aliphatic rings. The van der Waals surface area contributed by atoms with Crippen LogP contribution in [0.3, 0.4) is 0 Å². The molecule has 122 valence electrons. The van der Waals surface area contributed by atoms with Gasteiger partial charge in [0.1, 0.15) is 6.04 Å². The van der Waals surface area contributed by atoms with Crippen molar-refractivity contribution in [3.63, 3.8) is 0 Å². The molecule has 1 amide bonds. The van der Waals surface area contributed by atoms with Crippen LogP contribution in [0.25, 0.3) is 0 Å². The number of amides is 1. The maximum absolute atomic E-state index is 12.7. The zero-order valence-electron chi connectivity index (χ0n) is 13.2. The van der Waals surface area contributed by atoms with E-state index in [4.69, 9.17) is 9.90 Å². The fourth-order valence-corrected chi connectivity index (χ4v) is 2.71. The number of aromatic nitrogens is 3. The lowest BCUT2D eigenvalue weighted by molar-refractivity contribution is -0.135. The van der Waals surface area contributed by atoms with Crippen LogP contribution in [0, 0.1) is 6.92 Å². The molecule has 0 spiro atoms. The molecule has 7 nitrogen and oxygen atoms in total. The van der Waals surface area contributed by atoms with E-state index in [1.54, 1.807) is 10.9 Å². The van der Waals surface area contributed by atoms with Crippen molar-refractivity contribution in [1.29, 1.82) is 0 Å². The Morgan fingerprint density at radius 2 is 2.13 bits per heavy atom. The van der Waals surface area contributed by atoms with Crippen LogP contribution >= 0.6 is 0 Å². The van der Waals surface area contributed by atoms with Crippen LogP contribution in [-0.2, 0) is 22.7 Å². The number of hydrogen-bond acceptors (Lipinski definition) is 4. The summed E-state index contributed by atoms with van der Waals surface area (Å²) in [5, 5.41) is 11.1. The Bertz CT molecular complexity index is 670. The molecule has 1 atom stereocenters. The molecule has 3 heterocycles. The van der Waals surface area contributed by atoms with Crippen molar-refractivity contribution in [3.05, 3.63) is 47.5 Å². The van der Waals surface area contributed by atoms with Crippen molar-refractivity contribution in [1.82, 2.24) is 19.7 Å². The maximum Gasteiger partial charge on any atom is 0.290 e. The second kappa shape index (κ2) is 7.53. The maximum atomic E-state index is 12.7. The smallest absolute Gasteiger partial charge is 0.290 e. The molecule has 0 aromatic carbocycles. The van der Waals surface area contributed by atoms with Crippen molar-refractivity contribution >= 4 is 12.4 Å². The topological polar surface area (TPSA) is 88.3 Å². The Morgan fingerprint density at radius 3 is 2.74 bits per heavy atom. The fourth-order valence-electron chi connectivity index (χ4n) is 2.71. The molecule has 1 N–H and O–H groups in total. The number of carbonyl (C=O) groups excluding carboxylic acids is 1. The van der Waals surface area contributed by atoms with Gasteiger partial charge in [0.25, 0.3) is 6.47 Å². The number of aryl methyl sites for hydroxylation is 1. The quantitative estimate of drug-likeness (QED) is 0.872. The molecule has 0 fully saturated rings. The van der Waals surface area contributed by atoms with Gasteiger partial charge in [0.2, 0.25) is 5.91 Å². The van der Waals surface area contributed by atoms with E-state index in [0.717, 1.165) is 17.7 Å². The van der Waals surface area contributed by atoms with E-state index < -0.39 is 0 Å². The molecule has 0 aliphatic carbocycles. The summed E-state index contributed by atoms with van der Waals surface area (Å²) in [5.74, 6) is 0.130. The van der Waals surface area contributed by atoms with Gasteiger partial charge in [-0.05, 0) is 36.6 Å². The third-order valence-electron chi connectivity index (χ3n) is 3.77. The van der Waals surface area contributed by atoms with Crippen LogP contribution in [0.15, 0.2) is 30.7 Å². The first-order valence-corrected chi connectivity index (χ1v) is 7.40. The highest BCUT2D eigenvalue weighted by atomic mass is 16.3. The normalized spacial score (nSPS) is 13.7. The summed E-state index contributed by atoms with van der Waals surface area (Å²) in [4.78, 5) is 27.2. The lowest BCUT2D eigenvalue weighted by Crippen LogP contribution is -2.33. The second-order valence-corrected chi connectivity index (χ2v) is 5.30. The summed E-state index contributed by atoms with van der Waals surface area (Å²) >= 11 is 0. The van der Waals surface area contributed by atoms with Gasteiger partial charge in [-0.2, -0.15) is 5.10 Å². The van der Waals surface area contributed by atoms with Crippen LogP contribution in [-0.4, -0.2) is 37.2 Å². The number of hydrogen-bond donors (Lipinski definition) is 1. The largest absolute Gasteiger partial charge is 0.483 e. The summed E-state index contributed by atoms with van der Waals surface area (Å²) in [5.41, 5.74) is 3.36. The van der Waals surface area contributed by atoms with Crippen LogP contribution in [0.1, 0.15) is 36.2 Å². The van der Waals surface area contributed by atoms with Gasteiger partial charge in [0, 0.05) is 37.4 Å². The summed E-state index contributed by atoms with van der Waals surface area (Å²) in [7, 11) is 0. The molecule has 0 bridgehead atoms. The molecule has 0 saturated carbocycles. The monoisotopic (exact) mass is 316 g/mol. The minimum atomic E-state index is -0.250. The first-order chi connectivity index (χ1) is 11.1. The van der Waals surface area contributed by atoms with Crippen molar-refractivity contribution in [2.45, 2.75) is 39.4 Å². The van der Waals surface area contributed by atoms with E-state index in [1.165, 1.54) is 5.56 Å². The van der Waals surface area contributed by atoms with Crippen molar-refractivity contribution in [3.8, 4) is 0 Å². The molecule has 1 unspecified atom stereocenters. The Hall–Kier alpha value is -2.70. The van der Waals surface area contributed by atoms with Gasteiger partial charge < -0.3 is 10.0 Å². The third kappa shape index (κ3) is 3.74. The van der Waals surface area contributed by atoms with E-state index >= 15 is 0 Å². The van der Waals surface area contributed by atoms with Crippen molar-refractivity contribution in [2.75, 3.05) is 0 Å². The molecule has 23 heavy (non-hydrogen) atoms. The Kier molecular flexibility index (Phi) is 5.46.